The molecule has 0 unspecified atom stereocenters. The van der Waals surface area contributed by atoms with E-state index < -0.39 is 0 Å². The highest BCUT2D eigenvalue weighted by molar-refractivity contribution is 9.10. The summed E-state index contributed by atoms with van der Waals surface area (Å²) in [5.74, 6) is 2.81. The number of ether oxygens (including phenoxy) is 2. The molecular weight excluding hydrogens is 486 g/mol. The number of rotatable bonds is 5. The Hall–Kier alpha value is -3.07. The van der Waals surface area contributed by atoms with E-state index in [9.17, 15) is 4.79 Å². The number of aromatic nitrogens is 2. The molecule has 2 atom stereocenters. The SMILES string of the molecule is COc1cc2nc(N3CCN(C(=O)[C@@H]4C[C@H]4c4ccc(Br)cc4)CC3)nc(N)c2cc1OC. The average molecular weight is 512 g/mol. The largest absolute Gasteiger partial charge is 0.493 e. The van der Waals surface area contributed by atoms with Gasteiger partial charge in [-0.3, -0.25) is 4.79 Å². The quantitative estimate of drug-likeness (QED) is 0.560. The zero-order valence-corrected chi connectivity index (χ0v) is 20.2. The average Bonchev–Trinajstić information content (AvgIpc) is 3.64. The number of hydrogen-bond donors (Lipinski definition) is 1. The fourth-order valence-corrected chi connectivity index (χ4v) is 4.78. The van der Waals surface area contributed by atoms with Crippen molar-refractivity contribution in [2.45, 2.75) is 12.3 Å². The van der Waals surface area contributed by atoms with Crippen LogP contribution in [0.15, 0.2) is 40.9 Å². The summed E-state index contributed by atoms with van der Waals surface area (Å²) in [6.45, 7) is 2.63. The van der Waals surface area contributed by atoms with Crippen LogP contribution in [0.25, 0.3) is 10.9 Å². The number of methoxy groups -OCH3 is 2. The van der Waals surface area contributed by atoms with E-state index in [2.05, 4.69) is 37.9 Å². The van der Waals surface area contributed by atoms with Gasteiger partial charge < -0.3 is 25.0 Å². The van der Waals surface area contributed by atoms with Crippen LogP contribution in [0.3, 0.4) is 0 Å². The summed E-state index contributed by atoms with van der Waals surface area (Å²) in [6.07, 6.45) is 0.927. The molecule has 9 heteroatoms. The third kappa shape index (κ3) is 4.17. The number of benzene rings is 2. The highest BCUT2D eigenvalue weighted by Gasteiger charge is 2.46. The van der Waals surface area contributed by atoms with Gasteiger partial charge in [-0.05, 0) is 36.1 Å². The van der Waals surface area contributed by atoms with Crippen LogP contribution in [0.4, 0.5) is 11.8 Å². The maximum Gasteiger partial charge on any atom is 0.228 e. The van der Waals surface area contributed by atoms with Gasteiger partial charge in [-0.15, -0.1) is 0 Å². The van der Waals surface area contributed by atoms with Crippen molar-refractivity contribution in [2.75, 3.05) is 51.0 Å². The predicted molar refractivity (Wildman–Crippen MR) is 131 cm³/mol. The Balaban J connectivity index is 1.26. The number of carbonyl (C=O) groups excluding carboxylic acids is 1. The van der Waals surface area contributed by atoms with E-state index in [4.69, 9.17) is 20.2 Å². The normalized spacial score (nSPS) is 20.1. The summed E-state index contributed by atoms with van der Waals surface area (Å²) in [6, 6.07) is 11.9. The molecule has 2 heterocycles. The molecule has 0 spiro atoms. The third-order valence-corrected chi connectivity index (χ3v) is 7.03. The van der Waals surface area contributed by atoms with Gasteiger partial charge in [-0.25, -0.2) is 4.98 Å². The Morgan fingerprint density at radius 2 is 1.70 bits per heavy atom. The molecule has 8 nitrogen and oxygen atoms in total. The van der Waals surface area contributed by atoms with Crippen molar-refractivity contribution >= 4 is 44.5 Å². The van der Waals surface area contributed by atoms with Crippen LogP contribution in [0, 0.1) is 5.92 Å². The highest BCUT2D eigenvalue weighted by atomic mass is 79.9. The van der Waals surface area contributed by atoms with Gasteiger partial charge in [0.2, 0.25) is 11.9 Å². The number of piperazine rings is 1. The zero-order chi connectivity index (χ0) is 23.1. The highest BCUT2D eigenvalue weighted by Crippen LogP contribution is 2.48. The number of nitrogens with two attached hydrogens (primary N) is 1. The summed E-state index contributed by atoms with van der Waals surface area (Å²) in [5.41, 5.74) is 8.18. The second kappa shape index (κ2) is 8.70. The molecule has 0 bridgehead atoms. The second-order valence-electron chi connectivity index (χ2n) is 8.45. The topological polar surface area (TPSA) is 93.8 Å². The van der Waals surface area contributed by atoms with Crippen LogP contribution in [-0.4, -0.2) is 61.2 Å². The van der Waals surface area contributed by atoms with E-state index in [1.54, 1.807) is 20.3 Å². The second-order valence-corrected chi connectivity index (χ2v) is 9.36. The van der Waals surface area contributed by atoms with E-state index in [1.807, 2.05) is 23.1 Å². The lowest BCUT2D eigenvalue weighted by molar-refractivity contribution is -0.133. The number of nitrogen functional groups attached to an aromatic ring is 1. The summed E-state index contributed by atoms with van der Waals surface area (Å²) >= 11 is 3.47. The van der Waals surface area contributed by atoms with E-state index in [0.29, 0.717) is 60.9 Å². The van der Waals surface area contributed by atoms with E-state index in [0.717, 1.165) is 16.3 Å². The molecule has 172 valence electrons. The van der Waals surface area contributed by atoms with Crippen molar-refractivity contribution in [1.29, 1.82) is 0 Å². The first-order valence-corrected chi connectivity index (χ1v) is 11.8. The minimum absolute atomic E-state index is 0.0905. The number of carbonyl (C=O) groups is 1. The third-order valence-electron chi connectivity index (χ3n) is 6.50. The minimum atomic E-state index is 0.0905. The van der Waals surface area contributed by atoms with E-state index in [1.165, 1.54) is 5.56 Å². The number of amides is 1. The summed E-state index contributed by atoms with van der Waals surface area (Å²) in [4.78, 5) is 26.3. The number of halogens is 1. The fraction of sp³-hybridized carbons (Fsp3) is 0.375. The molecule has 2 N–H and O–H groups in total. The number of fused-ring (bicyclic) bond motifs is 1. The molecule has 3 aromatic rings. The molecule has 1 aliphatic heterocycles. The van der Waals surface area contributed by atoms with Gasteiger partial charge >= 0.3 is 0 Å². The lowest BCUT2D eigenvalue weighted by Crippen LogP contribution is -2.49. The molecule has 1 saturated heterocycles. The van der Waals surface area contributed by atoms with Crippen molar-refractivity contribution in [1.82, 2.24) is 14.9 Å². The van der Waals surface area contributed by atoms with Crippen LogP contribution >= 0.6 is 15.9 Å². The Morgan fingerprint density at radius 3 is 2.36 bits per heavy atom. The van der Waals surface area contributed by atoms with Crippen LogP contribution in [0.1, 0.15) is 17.9 Å². The smallest absolute Gasteiger partial charge is 0.228 e. The van der Waals surface area contributed by atoms with Crippen molar-refractivity contribution in [3.05, 3.63) is 46.4 Å². The van der Waals surface area contributed by atoms with Crippen molar-refractivity contribution in [3.8, 4) is 11.5 Å². The maximum absolute atomic E-state index is 13.0. The van der Waals surface area contributed by atoms with E-state index in [-0.39, 0.29) is 11.8 Å². The van der Waals surface area contributed by atoms with Gasteiger partial charge in [0.15, 0.2) is 11.5 Å². The Labute approximate surface area is 200 Å². The van der Waals surface area contributed by atoms with Crippen LogP contribution in [-0.2, 0) is 4.79 Å². The Bertz CT molecular complexity index is 1190. The van der Waals surface area contributed by atoms with Crippen LogP contribution in [0.2, 0.25) is 0 Å². The van der Waals surface area contributed by atoms with E-state index >= 15 is 0 Å². The van der Waals surface area contributed by atoms with Gasteiger partial charge in [0.25, 0.3) is 0 Å². The van der Waals surface area contributed by atoms with Gasteiger partial charge in [-0.2, -0.15) is 4.98 Å². The summed E-state index contributed by atoms with van der Waals surface area (Å²) < 4.78 is 11.8. The number of anilines is 2. The first-order valence-electron chi connectivity index (χ1n) is 11.0. The Morgan fingerprint density at radius 1 is 1.03 bits per heavy atom. The molecule has 33 heavy (non-hydrogen) atoms. The van der Waals surface area contributed by atoms with Gasteiger partial charge in [0.1, 0.15) is 5.82 Å². The standard InChI is InChI=1S/C24H26BrN5O3/c1-32-20-12-18-19(13-21(20)33-2)27-24(28-22(18)26)30-9-7-29(8-10-30)23(31)17-11-16(17)14-3-5-15(25)6-4-14/h3-6,12-13,16-17H,7-11H2,1-2H3,(H2,26,27,28)/t16-,17+/m0/s1. The molecule has 5 rings (SSSR count). The lowest BCUT2D eigenvalue weighted by atomic mass is 10.1. The number of nitrogens with zero attached hydrogens (tertiary/aromatic N) is 4. The van der Waals surface area contributed by atoms with Crippen molar-refractivity contribution in [2.24, 2.45) is 5.92 Å². The first kappa shape index (κ1) is 21.8. The zero-order valence-electron chi connectivity index (χ0n) is 18.6. The minimum Gasteiger partial charge on any atom is -0.493 e. The molecule has 1 aromatic heterocycles. The van der Waals surface area contributed by atoms with Crippen LogP contribution in [0.5, 0.6) is 11.5 Å². The van der Waals surface area contributed by atoms with Gasteiger partial charge in [-0.1, -0.05) is 28.1 Å². The first-order chi connectivity index (χ1) is 16.0. The molecule has 2 fully saturated rings. The number of hydrogen-bond acceptors (Lipinski definition) is 7. The molecule has 1 saturated carbocycles. The molecule has 0 radical (unpaired) electrons. The maximum atomic E-state index is 13.0. The monoisotopic (exact) mass is 511 g/mol. The molecule has 2 aliphatic rings. The van der Waals surface area contributed by atoms with Gasteiger partial charge in [0.05, 0.1) is 19.7 Å². The molecule has 2 aromatic carbocycles. The lowest BCUT2D eigenvalue weighted by Gasteiger charge is -2.35. The Kier molecular flexibility index (Phi) is 5.74. The van der Waals surface area contributed by atoms with Crippen molar-refractivity contribution < 1.29 is 14.3 Å². The molecular formula is C24H26BrN5O3. The van der Waals surface area contributed by atoms with Gasteiger partial charge in [0, 0.05) is 48.0 Å². The fourth-order valence-electron chi connectivity index (χ4n) is 4.52. The summed E-state index contributed by atoms with van der Waals surface area (Å²) in [7, 11) is 3.17. The predicted octanol–water partition coefficient (Wildman–Crippen LogP) is 3.44. The summed E-state index contributed by atoms with van der Waals surface area (Å²) in [5, 5.41) is 0.720. The van der Waals surface area contributed by atoms with Crippen LogP contribution < -0.4 is 20.1 Å². The molecule has 1 aliphatic carbocycles. The molecule has 1 amide bonds. The van der Waals surface area contributed by atoms with Crippen molar-refractivity contribution in [3.63, 3.8) is 0 Å².